The number of anilines is 1. The van der Waals surface area contributed by atoms with E-state index in [-0.39, 0.29) is 17.9 Å². The molecule has 1 aromatic rings. The Morgan fingerprint density at radius 3 is 2.76 bits per heavy atom. The van der Waals surface area contributed by atoms with Gasteiger partial charge in [-0.2, -0.15) is 0 Å². The van der Waals surface area contributed by atoms with Crippen LogP contribution in [0.25, 0.3) is 0 Å². The molecule has 0 radical (unpaired) electrons. The van der Waals surface area contributed by atoms with E-state index in [1.54, 1.807) is 17.0 Å². The first kappa shape index (κ1) is 14.4. The van der Waals surface area contributed by atoms with Crippen LogP contribution in [0.1, 0.15) is 12.8 Å². The summed E-state index contributed by atoms with van der Waals surface area (Å²) in [6.45, 7) is 1.80. The number of likely N-dealkylation sites (tertiary alicyclic amines) is 1. The lowest BCUT2D eigenvalue weighted by molar-refractivity contribution is -0.141. The number of halogens is 1. The number of aliphatic carboxylic acids is 1. The Labute approximate surface area is 128 Å². The molecule has 0 spiro atoms. The van der Waals surface area contributed by atoms with Gasteiger partial charge in [0.25, 0.3) is 0 Å². The second-order valence-corrected chi connectivity index (χ2v) is 6.03. The molecule has 0 aliphatic carbocycles. The van der Waals surface area contributed by atoms with E-state index in [1.165, 1.54) is 0 Å². The Balaban J connectivity index is 1.71. The molecule has 2 fully saturated rings. The van der Waals surface area contributed by atoms with E-state index in [0.717, 1.165) is 12.1 Å². The summed E-state index contributed by atoms with van der Waals surface area (Å²) >= 11 is 5.97. The molecule has 3 rings (SSSR count). The Kier molecular flexibility index (Phi) is 3.87. The number of amides is 1. The zero-order chi connectivity index (χ0) is 15.0. The predicted molar refractivity (Wildman–Crippen MR) is 79.5 cm³/mol. The molecule has 112 valence electrons. The predicted octanol–water partition coefficient (Wildman–Crippen LogP) is 1.85. The highest BCUT2D eigenvalue weighted by atomic mass is 35.5. The SMILES string of the molecule is O=C(O)C1CCN(C2CCN(c3cccc(Cl)c3)C2=O)C1. The molecule has 2 unspecified atom stereocenters. The monoisotopic (exact) mass is 308 g/mol. The first-order valence-corrected chi connectivity index (χ1v) is 7.48. The van der Waals surface area contributed by atoms with Crippen LogP contribution in [-0.4, -0.2) is 47.6 Å². The lowest BCUT2D eigenvalue weighted by Gasteiger charge is -2.23. The fourth-order valence-electron chi connectivity index (χ4n) is 3.18. The number of rotatable bonds is 3. The van der Waals surface area contributed by atoms with Crippen LogP contribution in [0.15, 0.2) is 24.3 Å². The fraction of sp³-hybridized carbons (Fsp3) is 0.467. The minimum Gasteiger partial charge on any atom is -0.481 e. The van der Waals surface area contributed by atoms with Crippen LogP contribution in [0.5, 0.6) is 0 Å². The Morgan fingerprint density at radius 1 is 1.29 bits per heavy atom. The van der Waals surface area contributed by atoms with Crippen LogP contribution in [0, 0.1) is 5.92 Å². The smallest absolute Gasteiger partial charge is 0.307 e. The number of hydrogen-bond acceptors (Lipinski definition) is 3. The molecule has 5 nitrogen and oxygen atoms in total. The second-order valence-electron chi connectivity index (χ2n) is 5.59. The van der Waals surface area contributed by atoms with Gasteiger partial charge in [-0.1, -0.05) is 17.7 Å². The van der Waals surface area contributed by atoms with E-state index in [4.69, 9.17) is 16.7 Å². The van der Waals surface area contributed by atoms with Crippen LogP contribution in [0.3, 0.4) is 0 Å². The normalized spacial score (nSPS) is 26.5. The molecule has 6 heteroatoms. The molecule has 0 saturated carbocycles. The summed E-state index contributed by atoms with van der Waals surface area (Å²) in [5, 5.41) is 9.67. The minimum absolute atomic E-state index is 0.0447. The van der Waals surface area contributed by atoms with Crippen molar-refractivity contribution in [2.24, 2.45) is 5.92 Å². The van der Waals surface area contributed by atoms with Crippen LogP contribution in [0.2, 0.25) is 5.02 Å². The van der Waals surface area contributed by atoms with Gasteiger partial charge in [-0.3, -0.25) is 14.5 Å². The Morgan fingerprint density at radius 2 is 2.10 bits per heavy atom. The van der Waals surface area contributed by atoms with Crippen LogP contribution in [0.4, 0.5) is 5.69 Å². The lowest BCUT2D eigenvalue weighted by Crippen LogP contribution is -2.41. The van der Waals surface area contributed by atoms with Crippen molar-refractivity contribution in [1.82, 2.24) is 4.90 Å². The maximum Gasteiger partial charge on any atom is 0.307 e. The van der Waals surface area contributed by atoms with E-state index < -0.39 is 5.97 Å². The van der Waals surface area contributed by atoms with Crippen molar-refractivity contribution in [3.05, 3.63) is 29.3 Å². The number of nitrogens with zero attached hydrogens (tertiary/aromatic N) is 2. The van der Waals surface area contributed by atoms with E-state index >= 15 is 0 Å². The third-order valence-electron chi connectivity index (χ3n) is 4.31. The van der Waals surface area contributed by atoms with Gasteiger partial charge in [0.15, 0.2) is 0 Å². The van der Waals surface area contributed by atoms with E-state index in [0.29, 0.717) is 31.1 Å². The van der Waals surface area contributed by atoms with Crippen molar-refractivity contribution in [3.8, 4) is 0 Å². The molecule has 21 heavy (non-hydrogen) atoms. The summed E-state index contributed by atoms with van der Waals surface area (Å²) in [5.74, 6) is -1.07. The first-order valence-electron chi connectivity index (χ1n) is 7.10. The summed E-state index contributed by atoms with van der Waals surface area (Å²) in [6.07, 6.45) is 1.36. The van der Waals surface area contributed by atoms with Gasteiger partial charge in [-0.15, -0.1) is 0 Å². The van der Waals surface area contributed by atoms with Crippen LogP contribution < -0.4 is 4.90 Å². The highest BCUT2D eigenvalue weighted by molar-refractivity contribution is 6.31. The number of hydrogen-bond donors (Lipinski definition) is 1. The highest BCUT2D eigenvalue weighted by Gasteiger charge is 2.40. The van der Waals surface area contributed by atoms with E-state index in [1.807, 2.05) is 17.0 Å². The average molecular weight is 309 g/mol. The number of carboxylic acid groups (broad SMARTS) is 1. The van der Waals surface area contributed by atoms with Gasteiger partial charge in [0.2, 0.25) is 5.91 Å². The third kappa shape index (κ3) is 2.76. The molecular weight excluding hydrogens is 292 g/mol. The van der Waals surface area contributed by atoms with E-state index in [2.05, 4.69) is 0 Å². The summed E-state index contributed by atoms with van der Waals surface area (Å²) in [4.78, 5) is 27.4. The van der Waals surface area contributed by atoms with Crippen molar-refractivity contribution in [3.63, 3.8) is 0 Å². The standard InChI is InChI=1S/C15H17ClN2O3/c16-11-2-1-3-12(8-11)18-7-5-13(14(18)19)17-6-4-10(9-17)15(20)21/h1-3,8,10,13H,4-7,9H2,(H,20,21). The van der Waals surface area contributed by atoms with Crippen LogP contribution >= 0.6 is 11.6 Å². The number of carbonyl (C=O) groups excluding carboxylic acids is 1. The third-order valence-corrected chi connectivity index (χ3v) is 4.54. The first-order chi connectivity index (χ1) is 10.1. The molecule has 1 amide bonds. The van der Waals surface area contributed by atoms with Gasteiger partial charge < -0.3 is 10.0 Å². The minimum atomic E-state index is -0.769. The molecule has 2 atom stereocenters. The van der Waals surface area contributed by atoms with Gasteiger partial charge in [-0.25, -0.2) is 0 Å². The van der Waals surface area contributed by atoms with Gasteiger partial charge in [0.05, 0.1) is 12.0 Å². The summed E-state index contributed by atoms with van der Waals surface area (Å²) in [7, 11) is 0. The number of carboxylic acids is 1. The molecule has 0 aromatic heterocycles. The summed E-state index contributed by atoms with van der Waals surface area (Å²) < 4.78 is 0. The maximum absolute atomic E-state index is 12.6. The molecule has 1 N–H and O–H groups in total. The average Bonchev–Trinajstić information content (AvgIpc) is 3.05. The Bertz CT molecular complexity index is 578. The topological polar surface area (TPSA) is 60.9 Å². The van der Waals surface area contributed by atoms with Crippen molar-refractivity contribution in [1.29, 1.82) is 0 Å². The molecule has 2 saturated heterocycles. The summed E-state index contributed by atoms with van der Waals surface area (Å²) in [5.41, 5.74) is 0.809. The zero-order valence-corrected chi connectivity index (χ0v) is 12.3. The summed E-state index contributed by atoms with van der Waals surface area (Å²) in [6, 6.07) is 7.06. The van der Waals surface area contributed by atoms with Crippen molar-refractivity contribution < 1.29 is 14.7 Å². The number of carbonyl (C=O) groups is 2. The molecule has 0 bridgehead atoms. The number of benzene rings is 1. The molecule has 1 aromatic carbocycles. The quantitative estimate of drug-likeness (QED) is 0.926. The van der Waals surface area contributed by atoms with E-state index in [9.17, 15) is 9.59 Å². The Hall–Kier alpha value is -1.59. The lowest BCUT2D eigenvalue weighted by atomic mass is 10.1. The van der Waals surface area contributed by atoms with Crippen molar-refractivity contribution >= 4 is 29.2 Å². The highest BCUT2D eigenvalue weighted by Crippen LogP contribution is 2.29. The van der Waals surface area contributed by atoms with Gasteiger partial charge >= 0.3 is 5.97 Å². The molecular formula is C15H17ClN2O3. The molecule has 2 heterocycles. The van der Waals surface area contributed by atoms with Gasteiger partial charge in [0, 0.05) is 23.8 Å². The van der Waals surface area contributed by atoms with Crippen molar-refractivity contribution in [2.45, 2.75) is 18.9 Å². The van der Waals surface area contributed by atoms with Crippen LogP contribution in [-0.2, 0) is 9.59 Å². The zero-order valence-electron chi connectivity index (χ0n) is 11.5. The molecule has 2 aliphatic rings. The van der Waals surface area contributed by atoms with Gasteiger partial charge in [0.1, 0.15) is 0 Å². The van der Waals surface area contributed by atoms with Gasteiger partial charge in [-0.05, 0) is 37.6 Å². The molecule has 2 aliphatic heterocycles. The van der Waals surface area contributed by atoms with Crippen molar-refractivity contribution in [2.75, 3.05) is 24.5 Å². The maximum atomic E-state index is 12.6. The second kappa shape index (κ2) is 5.66. The largest absolute Gasteiger partial charge is 0.481 e. The fourth-order valence-corrected chi connectivity index (χ4v) is 3.36.